The first-order valence-corrected chi connectivity index (χ1v) is 12.3. The van der Waals surface area contributed by atoms with Gasteiger partial charge in [-0.2, -0.15) is 5.10 Å². The molecule has 0 radical (unpaired) electrons. The molecule has 2 aromatic heterocycles. The number of aromatic nitrogens is 4. The Labute approximate surface area is 208 Å². The molecule has 2 aliphatic heterocycles. The van der Waals surface area contributed by atoms with Crippen LogP contribution in [-0.4, -0.2) is 74.4 Å². The highest BCUT2D eigenvalue weighted by atomic mass is 35.5. The largest absolute Gasteiger partial charge is 0.389 e. The van der Waals surface area contributed by atoms with E-state index in [1.807, 2.05) is 30.9 Å². The standard InChI is InChI=1S/C25H30ClFN6O2/c1-4-15(3)33-24(26)21(10-29-33)31-25-28-9-16-7-14(2)18(8-20(16)30-25)17-5-6-32(11-19(17)27)22-12-35-13-23(22)34/h7-10,17,19,22-23,34H,3-6,11-13H2,1-2H3,(H,28,30,31)/t17-,19+,22+,23-/m0/s1. The summed E-state index contributed by atoms with van der Waals surface area (Å²) in [6, 6.07) is 3.86. The molecular weight excluding hydrogens is 471 g/mol. The number of aliphatic hydroxyl groups is 1. The minimum absolute atomic E-state index is 0.126. The first kappa shape index (κ1) is 24.1. The Balaban J connectivity index is 1.37. The number of likely N-dealkylation sites (tertiary alicyclic amines) is 1. The van der Waals surface area contributed by atoms with Crippen molar-refractivity contribution in [2.75, 3.05) is 31.6 Å². The van der Waals surface area contributed by atoms with Crippen molar-refractivity contribution in [1.29, 1.82) is 0 Å². The van der Waals surface area contributed by atoms with Crippen LogP contribution >= 0.6 is 11.6 Å². The average Bonchev–Trinajstić information content (AvgIpc) is 3.44. The van der Waals surface area contributed by atoms with Gasteiger partial charge in [-0.1, -0.05) is 25.1 Å². The number of aryl methyl sites for hydroxylation is 1. The molecule has 35 heavy (non-hydrogen) atoms. The average molecular weight is 501 g/mol. The molecule has 3 aromatic rings. The van der Waals surface area contributed by atoms with E-state index < -0.39 is 12.3 Å². The number of nitrogens with zero attached hydrogens (tertiary/aromatic N) is 5. The SMILES string of the molecule is C=C(CC)n1ncc(Nc2ncc3cc(C)c([C@@H]4CCN([C@@H]5COC[C@@H]5O)C[C@H]4F)cc3n2)c1Cl. The number of ether oxygens (including phenoxy) is 1. The summed E-state index contributed by atoms with van der Waals surface area (Å²) in [7, 11) is 0. The van der Waals surface area contributed by atoms with Crippen LogP contribution in [0.2, 0.25) is 5.15 Å². The van der Waals surface area contributed by atoms with Crippen LogP contribution in [0.15, 0.2) is 31.1 Å². The minimum atomic E-state index is -1.04. The van der Waals surface area contributed by atoms with E-state index >= 15 is 4.39 Å². The van der Waals surface area contributed by atoms with Crippen molar-refractivity contribution >= 4 is 39.8 Å². The molecule has 0 spiro atoms. The van der Waals surface area contributed by atoms with Crippen LogP contribution < -0.4 is 5.32 Å². The summed E-state index contributed by atoms with van der Waals surface area (Å²) in [4.78, 5) is 11.1. The number of nitrogens with one attached hydrogen (secondary N) is 1. The van der Waals surface area contributed by atoms with Gasteiger partial charge in [-0.05, 0) is 49.6 Å². The highest BCUT2D eigenvalue weighted by molar-refractivity contribution is 6.32. The number of halogens is 2. The number of benzene rings is 1. The number of rotatable bonds is 6. The summed E-state index contributed by atoms with van der Waals surface area (Å²) in [5, 5.41) is 18.8. The molecular formula is C25H30ClFN6O2. The molecule has 2 saturated heterocycles. The normalized spacial score (nSPS) is 25.3. The lowest BCUT2D eigenvalue weighted by molar-refractivity contribution is 0.0352. The molecule has 0 saturated carbocycles. The molecule has 0 aliphatic carbocycles. The van der Waals surface area contributed by atoms with Gasteiger partial charge in [0.05, 0.1) is 42.8 Å². The highest BCUT2D eigenvalue weighted by Crippen LogP contribution is 2.36. The molecule has 0 amide bonds. The van der Waals surface area contributed by atoms with Gasteiger partial charge in [0.25, 0.3) is 0 Å². The Morgan fingerprint density at radius 3 is 2.89 bits per heavy atom. The first-order chi connectivity index (χ1) is 16.9. The second kappa shape index (κ2) is 9.81. The number of hydrogen-bond acceptors (Lipinski definition) is 7. The number of fused-ring (bicyclic) bond motifs is 1. The molecule has 5 rings (SSSR count). The quantitative estimate of drug-likeness (QED) is 0.521. The molecule has 10 heteroatoms. The van der Waals surface area contributed by atoms with Gasteiger partial charge in [0.1, 0.15) is 6.17 Å². The van der Waals surface area contributed by atoms with Gasteiger partial charge < -0.3 is 15.2 Å². The number of anilines is 2. The van der Waals surface area contributed by atoms with E-state index in [-0.39, 0.29) is 18.5 Å². The molecule has 4 atom stereocenters. The van der Waals surface area contributed by atoms with Crippen molar-refractivity contribution in [3.8, 4) is 0 Å². The Bertz CT molecular complexity index is 1250. The van der Waals surface area contributed by atoms with E-state index in [1.165, 1.54) is 0 Å². The lowest BCUT2D eigenvalue weighted by Gasteiger charge is -2.39. The molecule has 0 bridgehead atoms. The monoisotopic (exact) mass is 500 g/mol. The van der Waals surface area contributed by atoms with Gasteiger partial charge in [-0.3, -0.25) is 4.90 Å². The van der Waals surface area contributed by atoms with Gasteiger partial charge in [0, 0.05) is 29.7 Å². The van der Waals surface area contributed by atoms with Gasteiger partial charge >= 0.3 is 0 Å². The second-order valence-corrected chi connectivity index (χ2v) is 9.70. The van der Waals surface area contributed by atoms with Crippen LogP contribution in [0.3, 0.4) is 0 Å². The van der Waals surface area contributed by atoms with Crippen molar-refractivity contribution in [2.24, 2.45) is 0 Å². The maximum Gasteiger partial charge on any atom is 0.227 e. The molecule has 186 valence electrons. The number of alkyl halides is 1. The van der Waals surface area contributed by atoms with Crippen molar-refractivity contribution < 1.29 is 14.2 Å². The molecule has 4 heterocycles. The Morgan fingerprint density at radius 2 is 2.17 bits per heavy atom. The predicted molar refractivity (Wildman–Crippen MR) is 135 cm³/mol. The van der Waals surface area contributed by atoms with E-state index in [0.717, 1.165) is 40.7 Å². The first-order valence-electron chi connectivity index (χ1n) is 12.0. The zero-order chi connectivity index (χ0) is 24.7. The van der Waals surface area contributed by atoms with Crippen molar-refractivity contribution in [1.82, 2.24) is 24.6 Å². The fraction of sp³-hybridized carbons (Fsp3) is 0.480. The van der Waals surface area contributed by atoms with Gasteiger partial charge in [0.15, 0.2) is 5.15 Å². The van der Waals surface area contributed by atoms with E-state index in [2.05, 4.69) is 27.0 Å². The highest BCUT2D eigenvalue weighted by Gasteiger charge is 2.38. The maximum atomic E-state index is 15.4. The third-order valence-corrected chi connectivity index (χ3v) is 7.46. The summed E-state index contributed by atoms with van der Waals surface area (Å²) in [6.45, 7) is 9.74. The molecule has 2 fully saturated rings. The van der Waals surface area contributed by atoms with Crippen LogP contribution in [0.1, 0.15) is 36.8 Å². The minimum Gasteiger partial charge on any atom is -0.389 e. The molecule has 1 aromatic carbocycles. The summed E-state index contributed by atoms with van der Waals surface area (Å²) >= 11 is 6.45. The number of piperidine rings is 1. The second-order valence-electron chi connectivity index (χ2n) is 9.35. The number of aliphatic hydroxyl groups excluding tert-OH is 1. The lowest BCUT2D eigenvalue weighted by atomic mass is 9.84. The molecule has 2 N–H and O–H groups in total. The van der Waals surface area contributed by atoms with Crippen LogP contribution in [0, 0.1) is 6.92 Å². The van der Waals surface area contributed by atoms with E-state index in [1.54, 1.807) is 17.1 Å². The van der Waals surface area contributed by atoms with Crippen LogP contribution in [0.5, 0.6) is 0 Å². The molecule has 2 aliphatic rings. The molecule has 8 nitrogen and oxygen atoms in total. The summed E-state index contributed by atoms with van der Waals surface area (Å²) in [6.07, 6.45) is 3.17. The fourth-order valence-corrected chi connectivity index (χ4v) is 5.30. The van der Waals surface area contributed by atoms with Crippen LogP contribution in [-0.2, 0) is 4.74 Å². The fourth-order valence-electron chi connectivity index (χ4n) is 5.04. The zero-order valence-electron chi connectivity index (χ0n) is 19.9. The number of hydrogen-bond donors (Lipinski definition) is 2. The molecule has 0 unspecified atom stereocenters. The van der Waals surface area contributed by atoms with Gasteiger partial charge in [-0.25, -0.2) is 19.0 Å². The van der Waals surface area contributed by atoms with E-state index in [0.29, 0.717) is 36.4 Å². The van der Waals surface area contributed by atoms with Crippen molar-refractivity contribution in [2.45, 2.75) is 50.9 Å². The van der Waals surface area contributed by atoms with Crippen LogP contribution in [0.4, 0.5) is 16.0 Å². The van der Waals surface area contributed by atoms with E-state index in [9.17, 15) is 5.11 Å². The van der Waals surface area contributed by atoms with Gasteiger partial charge in [-0.15, -0.1) is 0 Å². The summed E-state index contributed by atoms with van der Waals surface area (Å²) in [5.41, 5.74) is 4.09. The Morgan fingerprint density at radius 1 is 1.34 bits per heavy atom. The third kappa shape index (κ3) is 4.65. The smallest absolute Gasteiger partial charge is 0.227 e. The van der Waals surface area contributed by atoms with Crippen molar-refractivity contribution in [3.05, 3.63) is 47.4 Å². The summed E-state index contributed by atoms with van der Waals surface area (Å²) < 4.78 is 22.4. The Kier molecular flexibility index (Phi) is 6.76. The van der Waals surface area contributed by atoms with Gasteiger partial charge in [0.2, 0.25) is 5.95 Å². The predicted octanol–water partition coefficient (Wildman–Crippen LogP) is 4.30. The maximum absolute atomic E-state index is 15.4. The lowest BCUT2D eigenvalue weighted by Crippen LogP contribution is -2.50. The number of allylic oxidation sites excluding steroid dienone is 1. The third-order valence-electron chi connectivity index (χ3n) is 7.09. The topological polar surface area (TPSA) is 88.3 Å². The van der Waals surface area contributed by atoms with Crippen molar-refractivity contribution in [3.63, 3.8) is 0 Å². The van der Waals surface area contributed by atoms with E-state index in [4.69, 9.17) is 16.3 Å². The summed E-state index contributed by atoms with van der Waals surface area (Å²) in [5.74, 6) is 0.159. The van der Waals surface area contributed by atoms with Crippen LogP contribution in [0.25, 0.3) is 16.6 Å². The Hall–Kier alpha value is -2.59. The zero-order valence-corrected chi connectivity index (χ0v) is 20.7.